The fraction of sp³-hybridized carbons (Fsp3) is 0.100. The Morgan fingerprint density at radius 1 is 0.583 bits per heavy atom. The number of hydrogen-bond donors (Lipinski definition) is 0. The van der Waals surface area contributed by atoms with Crippen molar-refractivity contribution in [3.8, 4) is 28.0 Å². The predicted octanol–water partition coefficient (Wildman–Crippen LogP) is 6.23. The molecule has 0 aliphatic carbocycles. The van der Waals surface area contributed by atoms with E-state index < -0.39 is 6.36 Å². The summed E-state index contributed by atoms with van der Waals surface area (Å²) in [5.41, 5.74) is 5.19. The van der Waals surface area contributed by atoms with Crippen LogP contribution in [0.3, 0.4) is 0 Å². The molecule has 122 valence electrons. The van der Waals surface area contributed by atoms with Crippen LogP contribution in [0, 0.1) is 6.92 Å². The first-order valence-corrected chi connectivity index (χ1v) is 7.44. The highest BCUT2D eigenvalue weighted by Crippen LogP contribution is 2.28. The molecule has 0 N–H and O–H groups in total. The van der Waals surface area contributed by atoms with Gasteiger partial charge in [0, 0.05) is 0 Å². The lowest BCUT2D eigenvalue weighted by molar-refractivity contribution is -0.274. The van der Waals surface area contributed by atoms with Crippen molar-refractivity contribution >= 4 is 0 Å². The molecule has 0 spiro atoms. The zero-order valence-electron chi connectivity index (χ0n) is 13.0. The molecule has 0 fully saturated rings. The second-order valence-electron chi connectivity index (χ2n) is 5.52. The SMILES string of the molecule is Cc1ccc(-c2ccc(-c3ccc(OC(F)(F)F)cc3)cc2)cc1. The Morgan fingerprint density at radius 3 is 1.29 bits per heavy atom. The minimum absolute atomic E-state index is 0.220. The van der Waals surface area contributed by atoms with E-state index in [0.29, 0.717) is 0 Å². The summed E-state index contributed by atoms with van der Waals surface area (Å²) in [4.78, 5) is 0. The van der Waals surface area contributed by atoms with Crippen LogP contribution in [-0.2, 0) is 0 Å². The minimum atomic E-state index is -4.67. The van der Waals surface area contributed by atoms with Gasteiger partial charge < -0.3 is 4.74 Å². The monoisotopic (exact) mass is 328 g/mol. The summed E-state index contributed by atoms with van der Waals surface area (Å²) in [5.74, 6) is -0.220. The molecule has 0 saturated heterocycles. The largest absolute Gasteiger partial charge is 0.573 e. The van der Waals surface area contributed by atoms with Crippen LogP contribution in [-0.4, -0.2) is 6.36 Å². The van der Waals surface area contributed by atoms with E-state index in [9.17, 15) is 13.2 Å². The Kier molecular flexibility index (Phi) is 4.30. The van der Waals surface area contributed by atoms with Crippen LogP contribution in [0.4, 0.5) is 13.2 Å². The summed E-state index contributed by atoms with van der Waals surface area (Å²) >= 11 is 0. The number of ether oxygens (including phenoxy) is 1. The van der Waals surface area contributed by atoms with Crippen LogP contribution in [0.1, 0.15) is 5.56 Å². The van der Waals surface area contributed by atoms with Gasteiger partial charge in [0.05, 0.1) is 0 Å². The number of rotatable bonds is 3. The van der Waals surface area contributed by atoms with Gasteiger partial charge in [0.1, 0.15) is 5.75 Å². The lowest BCUT2D eigenvalue weighted by Gasteiger charge is -2.10. The number of benzene rings is 3. The van der Waals surface area contributed by atoms with E-state index in [4.69, 9.17) is 0 Å². The summed E-state index contributed by atoms with van der Waals surface area (Å²) in [6.45, 7) is 2.04. The van der Waals surface area contributed by atoms with Gasteiger partial charge in [-0.05, 0) is 41.3 Å². The van der Waals surface area contributed by atoms with Crippen LogP contribution < -0.4 is 4.74 Å². The van der Waals surface area contributed by atoms with Gasteiger partial charge >= 0.3 is 6.36 Å². The molecule has 0 bridgehead atoms. The summed E-state index contributed by atoms with van der Waals surface area (Å²) in [6, 6.07) is 22.0. The Labute approximate surface area is 138 Å². The molecule has 0 aliphatic rings. The van der Waals surface area contributed by atoms with Crippen molar-refractivity contribution in [2.75, 3.05) is 0 Å². The summed E-state index contributed by atoms with van der Waals surface area (Å²) in [7, 11) is 0. The molecular formula is C20H15F3O. The van der Waals surface area contributed by atoms with Gasteiger partial charge in [0.2, 0.25) is 0 Å². The molecule has 0 radical (unpaired) electrons. The number of hydrogen-bond acceptors (Lipinski definition) is 1. The summed E-state index contributed by atoms with van der Waals surface area (Å²) < 4.78 is 40.4. The summed E-state index contributed by atoms with van der Waals surface area (Å²) in [6.07, 6.45) is -4.67. The van der Waals surface area contributed by atoms with Crippen molar-refractivity contribution in [2.45, 2.75) is 13.3 Å². The first-order chi connectivity index (χ1) is 11.4. The Morgan fingerprint density at radius 2 is 0.917 bits per heavy atom. The van der Waals surface area contributed by atoms with E-state index in [2.05, 4.69) is 29.0 Å². The Bertz CT molecular complexity index is 802. The van der Waals surface area contributed by atoms with E-state index in [0.717, 1.165) is 22.3 Å². The van der Waals surface area contributed by atoms with Crippen molar-refractivity contribution in [2.24, 2.45) is 0 Å². The van der Waals surface area contributed by atoms with Crippen molar-refractivity contribution in [3.05, 3.63) is 78.4 Å². The molecule has 4 heteroatoms. The fourth-order valence-electron chi connectivity index (χ4n) is 2.45. The van der Waals surface area contributed by atoms with E-state index in [1.54, 1.807) is 12.1 Å². The summed E-state index contributed by atoms with van der Waals surface area (Å²) in [5, 5.41) is 0. The van der Waals surface area contributed by atoms with Crippen molar-refractivity contribution in [1.29, 1.82) is 0 Å². The molecule has 24 heavy (non-hydrogen) atoms. The quantitative estimate of drug-likeness (QED) is 0.554. The molecule has 3 rings (SSSR count). The fourth-order valence-corrected chi connectivity index (χ4v) is 2.45. The lowest BCUT2D eigenvalue weighted by Crippen LogP contribution is -2.16. The van der Waals surface area contributed by atoms with Gasteiger partial charge in [-0.2, -0.15) is 0 Å². The van der Waals surface area contributed by atoms with Crippen LogP contribution in [0.2, 0.25) is 0 Å². The highest BCUT2D eigenvalue weighted by Gasteiger charge is 2.30. The van der Waals surface area contributed by atoms with Crippen LogP contribution in [0.5, 0.6) is 5.75 Å². The lowest BCUT2D eigenvalue weighted by atomic mass is 10.00. The van der Waals surface area contributed by atoms with Crippen molar-refractivity contribution in [3.63, 3.8) is 0 Å². The van der Waals surface area contributed by atoms with Crippen LogP contribution in [0.15, 0.2) is 72.8 Å². The molecule has 3 aromatic rings. The molecule has 0 aliphatic heterocycles. The van der Waals surface area contributed by atoms with Gasteiger partial charge in [-0.1, -0.05) is 66.2 Å². The second kappa shape index (κ2) is 6.40. The smallest absolute Gasteiger partial charge is 0.406 e. The highest BCUT2D eigenvalue weighted by molar-refractivity contribution is 5.70. The van der Waals surface area contributed by atoms with Gasteiger partial charge in [-0.25, -0.2) is 0 Å². The maximum Gasteiger partial charge on any atom is 0.573 e. The third-order valence-corrected chi connectivity index (χ3v) is 3.69. The molecule has 0 heterocycles. The topological polar surface area (TPSA) is 9.23 Å². The molecule has 0 unspecified atom stereocenters. The predicted molar refractivity (Wildman–Crippen MR) is 88.7 cm³/mol. The third-order valence-electron chi connectivity index (χ3n) is 3.69. The van der Waals surface area contributed by atoms with E-state index >= 15 is 0 Å². The standard InChI is InChI=1S/C20H15F3O/c1-14-2-4-15(5-3-14)16-6-8-17(9-7-16)18-10-12-19(13-11-18)24-20(21,22)23/h2-13H,1H3. The molecule has 1 nitrogen and oxygen atoms in total. The molecule has 3 aromatic carbocycles. The van der Waals surface area contributed by atoms with E-state index in [1.165, 1.54) is 17.7 Å². The van der Waals surface area contributed by atoms with Crippen molar-refractivity contribution in [1.82, 2.24) is 0 Å². The highest BCUT2D eigenvalue weighted by atomic mass is 19.4. The Balaban J connectivity index is 1.79. The average Bonchev–Trinajstić information content (AvgIpc) is 2.55. The maximum absolute atomic E-state index is 12.2. The zero-order valence-corrected chi connectivity index (χ0v) is 13.0. The molecule has 0 amide bonds. The van der Waals surface area contributed by atoms with Gasteiger partial charge in [0.25, 0.3) is 0 Å². The average molecular weight is 328 g/mol. The first kappa shape index (κ1) is 16.1. The van der Waals surface area contributed by atoms with Gasteiger partial charge in [0.15, 0.2) is 0 Å². The second-order valence-corrected chi connectivity index (χ2v) is 5.52. The number of alkyl halides is 3. The van der Waals surface area contributed by atoms with Crippen LogP contribution >= 0.6 is 0 Å². The first-order valence-electron chi connectivity index (χ1n) is 7.44. The van der Waals surface area contributed by atoms with Crippen molar-refractivity contribution < 1.29 is 17.9 Å². The van der Waals surface area contributed by atoms with Crippen LogP contribution in [0.25, 0.3) is 22.3 Å². The number of halogens is 3. The molecule has 0 saturated carbocycles. The molecule has 0 atom stereocenters. The maximum atomic E-state index is 12.2. The molecular weight excluding hydrogens is 313 g/mol. The van der Waals surface area contributed by atoms with E-state index in [-0.39, 0.29) is 5.75 Å². The van der Waals surface area contributed by atoms with Gasteiger partial charge in [-0.3, -0.25) is 0 Å². The van der Waals surface area contributed by atoms with Gasteiger partial charge in [-0.15, -0.1) is 13.2 Å². The minimum Gasteiger partial charge on any atom is -0.406 e. The number of aryl methyl sites for hydroxylation is 1. The zero-order chi connectivity index (χ0) is 17.2. The van der Waals surface area contributed by atoms with E-state index in [1.807, 2.05) is 31.2 Å². The normalized spacial score (nSPS) is 11.3. The molecule has 0 aromatic heterocycles. The Hall–Kier alpha value is -2.75. The third kappa shape index (κ3) is 3.96.